The van der Waals surface area contributed by atoms with Gasteiger partial charge in [0.1, 0.15) is 0 Å². The van der Waals surface area contributed by atoms with Crippen LogP contribution in [0.4, 0.5) is 0 Å². The number of aliphatic hydroxyl groups is 1. The van der Waals surface area contributed by atoms with Gasteiger partial charge in [0, 0.05) is 27.4 Å². The maximum Gasteiger partial charge on any atom is 0.0697 e. The number of hydrogen-bond acceptors (Lipinski definition) is 4. The molecule has 0 unspecified atom stereocenters. The first-order chi connectivity index (χ1) is 7.74. The second kappa shape index (κ2) is 8.20. The number of aryl methyl sites for hydroxylation is 1. The van der Waals surface area contributed by atoms with Crippen molar-refractivity contribution in [3.63, 3.8) is 0 Å². The molecule has 0 atom stereocenters. The fraction of sp³-hybridized carbons (Fsp3) is 0.636. The molecule has 0 aliphatic heterocycles. The number of hydrogen-bond donors (Lipinski definition) is 2. The van der Waals surface area contributed by atoms with Gasteiger partial charge in [-0.3, -0.25) is 0 Å². The van der Waals surface area contributed by atoms with Crippen LogP contribution in [0.3, 0.4) is 0 Å². The molecule has 16 heavy (non-hydrogen) atoms. The molecule has 0 saturated carbocycles. The topological polar surface area (TPSA) is 41.5 Å². The molecule has 0 radical (unpaired) electrons. The summed E-state index contributed by atoms with van der Waals surface area (Å²) in [5, 5.41) is 11.9. The Balaban J connectivity index is 2.03. The van der Waals surface area contributed by atoms with Crippen molar-refractivity contribution in [2.75, 3.05) is 26.4 Å². The van der Waals surface area contributed by atoms with Gasteiger partial charge in [0.05, 0.1) is 13.2 Å². The summed E-state index contributed by atoms with van der Waals surface area (Å²) in [6, 6.07) is 2.16. The van der Waals surface area contributed by atoms with Crippen LogP contribution in [0.1, 0.15) is 16.2 Å². The summed E-state index contributed by atoms with van der Waals surface area (Å²) in [6.07, 6.45) is 0.978. The first-order valence-electron chi connectivity index (χ1n) is 5.38. The second-order valence-corrected chi connectivity index (χ2v) is 5.68. The minimum atomic E-state index is 0.107. The Kier molecular flexibility index (Phi) is 7.23. The van der Waals surface area contributed by atoms with Crippen molar-refractivity contribution in [3.8, 4) is 0 Å². The van der Waals surface area contributed by atoms with E-state index in [1.807, 2.05) is 11.3 Å². The Bertz CT molecular complexity index is 285. The number of aliphatic hydroxyl groups excluding tert-OH is 1. The smallest absolute Gasteiger partial charge is 0.0697 e. The Morgan fingerprint density at radius 2 is 2.31 bits per heavy atom. The van der Waals surface area contributed by atoms with Crippen molar-refractivity contribution in [3.05, 3.63) is 20.3 Å². The van der Waals surface area contributed by atoms with E-state index in [2.05, 4.69) is 34.2 Å². The molecule has 0 aromatic carbocycles. The molecule has 0 bridgehead atoms. The first kappa shape index (κ1) is 14.1. The molecule has 3 nitrogen and oxygen atoms in total. The molecule has 5 heteroatoms. The predicted octanol–water partition coefficient (Wildman–Crippen LogP) is 2.31. The molecule has 0 aliphatic carbocycles. The van der Waals surface area contributed by atoms with E-state index in [4.69, 9.17) is 9.84 Å². The van der Waals surface area contributed by atoms with Crippen molar-refractivity contribution in [1.29, 1.82) is 0 Å². The van der Waals surface area contributed by atoms with Gasteiger partial charge in [-0.2, -0.15) is 0 Å². The Morgan fingerprint density at radius 3 is 2.94 bits per heavy atom. The average molecular weight is 308 g/mol. The van der Waals surface area contributed by atoms with Gasteiger partial charge in [0.25, 0.3) is 0 Å². The van der Waals surface area contributed by atoms with Crippen molar-refractivity contribution in [1.82, 2.24) is 5.32 Å². The molecule has 0 fully saturated rings. The Labute approximate surface area is 109 Å². The lowest BCUT2D eigenvalue weighted by Gasteiger charge is -2.03. The molecule has 2 N–H and O–H groups in total. The molecule has 1 heterocycles. The van der Waals surface area contributed by atoms with Crippen LogP contribution in [0.15, 0.2) is 10.5 Å². The van der Waals surface area contributed by atoms with Crippen molar-refractivity contribution in [2.45, 2.75) is 19.9 Å². The van der Waals surface area contributed by atoms with Crippen LogP contribution >= 0.6 is 27.3 Å². The van der Waals surface area contributed by atoms with Gasteiger partial charge in [-0.05, 0) is 41.9 Å². The summed E-state index contributed by atoms with van der Waals surface area (Å²) in [5.74, 6) is 0. The molecular formula is C11H18BrNO2S. The van der Waals surface area contributed by atoms with E-state index in [0.29, 0.717) is 13.2 Å². The summed E-state index contributed by atoms with van der Waals surface area (Å²) in [5.41, 5.74) is 0. The molecule has 1 aromatic rings. The lowest BCUT2D eigenvalue weighted by molar-refractivity contribution is 0.0907. The van der Waals surface area contributed by atoms with Crippen LogP contribution in [0.2, 0.25) is 0 Å². The normalized spacial score (nSPS) is 10.9. The summed E-state index contributed by atoms with van der Waals surface area (Å²) in [4.78, 5) is 2.67. The lowest BCUT2D eigenvalue weighted by atomic mass is 10.4. The monoisotopic (exact) mass is 307 g/mol. The van der Waals surface area contributed by atoms with Crippen LogP contribution < -0.4 is 5.32 Å². The third-order valence-electron chi connectivity index (χ3n) is 2.09. The van der Waals surface area contributed by atoms with Crippen LogP contribution in [0.25, 0.3) is 0 Å². The summed E-state index contributed by atoms with van der Waals surface area (Å²) in [7, 11) is 0. The van der Waals surface area contributed by atoms with E-state index < -0.39 is 0 Å². The number of rotatable bonds is 8. The third-order valence-corrected chi connectivity index (χ3v) is 4.22. The van der Waals surface area contributed by atoms with Crippen LogP contribution in [0, 0.1) is 6.92 Å². The number of nitrogens with one attached hydrogen (secondary N) is 1. The van der Waals surface area contributed by atoms with Gasteiger partial charge < -0.3 is 15.2 Å². The summed E-state index contributed by atoms with van der Waals surface area (Å²) in [6.45, 7) is 5.23. The zero-order chi connectivity index (χ0) is 11.8. The number of halogens is 1. The minimum Gasteiger partial charge on any atom is -0.394 e. The predicted molar refractivity (Wildman–Crippen MR) is 71.0 cm³/mol. The quantitative estimate of drug-likeness (QED) is 0.724. The van der Waals surface area contributed by atoms with Crippen molar-refractivity contribution in [2.24, 2.45) is 0 Å². The molecule has 92 valence electrons. The highest BCUT2D eigenvalue weighted by Gasteiger charge is 2.01. The first-order valence-corrected chi connectivity index (χ1v) is 6.99. The van der Waals surface area contributed by atoms with E-state index >= 15 is 0 Å². The van der Waals surface area contributed by atoms with E-state index in [1.54, 1.807) is 0 Å². The fourth-order valence-corrected chi connectivity index (χ4v) is 2.85. The van der Waals surface area contributed by atoms with E-state index in [9.17, 15) is 0 Å². The summed E-state index contributed by atoms with van der Waals surface area (Å²) < 4.78 is 6.36. The highest BCUT2D eigenvalue weighted by molar-refractivity contribution is 9.10. The zero-order valence-electron chi connectivity index (χ0n) is 9.46. The second-order valence-electron chi connectivity index (χ2n) is 3.48. The zero-order valence-corrected chi connectivity index (χ0v) is 11.9. The van der Waals surface area contributed by atoms with Gasteiger partial charge in [-0.15, -0.1) is 11.3 Å². The minimum absolute atomic E-state index is 0.107. The average Bonchev–Trinajstić information content (AvgIpc) is 2.57. The van der Waals surface area contributed by atoms with Crippen LogP contribution in [-0.4, -0.2) is 31.5 Å². The molecular weight excluding hydrogens is 290 g/mol. The van der Waals surface area contributed by atoms with E-state index in [1.165, 1.54) is 14.2 Å². The van der Waals surface area contributed by atoms with Gasteiger partial charge in [0.2, 0.25) is 0 Å². The van der Waals surface area contributed by atoms with Gasteiger partial charge in [-0.1, -0.05) is 0 Å². The largest absolute Gasteiger partial charge is 0.394 e. The molecule has 0 aliphatic rings. The molecule has 0 amide bonds. The van der Waals surface area contributed by atoms with Gasteiger partial charge >= 0.3 is 0 Å². The maximum absolute atomic E-state index is 8.50. The standard InChI is InChI=1S/C11H18BrNO2S/c1-9-11(12)7-10(16-9)8-13-3-2-5-15-6-4-14/h7,13-14H,2-6,8H2,1H3. The van der Waals surface area contributed by atoms with Crippen molar-refractivity contribution >= 4 is 27.3 Å². The van der Waals surface area contributed by atoms with E-state index in [-0.39, 0.29) is 6.61 Å². The summed E-state index contributed by atoms with van der Waals surface area (Å²) >= 11 is 5.32. The Hall–Kier alpha value is 0.0600. The van der Waals surface area contributed by atoms with Crippen LogP contribution in [-0.2, 0) is 11.3 Å². The number of ether oxygens (including phenoxy) is 1. The lowest BCUT2D eigenvalue weighted by Crippen LogP contribution is -2.16. The molecule has 0 saturated heterocycles. The fourth-order valence-electron chi connectivity index (χ4n) is 1.28. The maximum atomic E-state index is 8.50. The molecule has 0 spiro atoms. The molecule has 1 rings (SSSR count). The van der Waals surface area contributed by atoms with Gasteiger partial charge in [0.15, 0.2) is 0 Å². The third kappa shape index (κ3) is 5.41. The Morgan fingerprint density at radius 1 is 1.50 bits per heavy atom. The number of thiophene rings is 1. The SMILES string of the molecule is Cc1sc(CNCCCOCCO)cc1Br. The molecule has 1 aromatic heterocycles. The highest BCUT2D eigenvalue weighted by atomic mass is 79.9. The van der Waals surface area contributed by atoms with Crippen molar-refractivity contribution < 1.29 is 9.84 Å². The van der Waals surface area contributed by atoms with E-state index in [0.717, 1.165) is 19.5 Å². The van der Waals surface area contributed by atoms with Gasteiger partial charge in [-0.25, -0.2) is 0 Å². The highest BCUT2D eigenvalue weighted by Crippen LogP contribution is 2.25. The van der Waals surface area contributed by atoms with Crippen LogP contribution in [0.5, 0.6) is 0 Å².